The number of sulfonamides is 1. The average molecular weight is 510 g/mol. The molecule has 0 aliphatic rings. The van der Waals surface area contributed by atoms with Crippen molar-refractivity contribution in [3.8, 4) is 5.69 Å². The van der Waals surface area contributed by atoms with Gasteiger partial charge in [-0.05, 0) is 49.2 Å². The normalized spacial score (nSPS) is 11.4. The molecule has 10 nitrogen and oxygen atoms in total. The van der Waals surface area contributed by atoms with E-state index in [9.17, 15) is 13.2 Å². The van der Waals surface area contributed by atoms with Gasteiger partial charge in [0.2, 0.25) is 10.0 Å². The molecule has 0 saturated heterocycles. The summed E-state index contributed by atoms with van der Waals surface area (Å²) in [7, 11) is -3.74. The molecular weight excluding hydrogens is 486 g/mol. The minimum atomic E-state index is -3.74. The van der Waals surface area contributed by atoms with Crippen LogP contribution in [0.3, 0.4) is 0 Å². The molecule has 180 valence electrons. The Kier molecular flexibility index (Phi) is 7.54. The molecular formula is C23H23N7O3S2. The highest BCUT2D eigenvalue weighted by atomic mass is 32.2. The van der Waals surface area contributed by atoms with E-state index in [2.05, 4.69) is 25.6 Å². The van der Waals surface area contributed by atoms with Crippen molar-refractivity contribution in [2.75, 3.05) is 6.54 Å². The molecule has 0 saturated carbocycles. The Bertz CT molecular complexity index is 1410. The van der Waals surface area contributed by atoms with Crippen molar-refractivity contribution in [1.82, 2.24) is 30.3 Å². The number of hydrogen-bond acceptors (Lipinski definition) is 8. The lowest BCUT2D eigenvalue weighted by molar-refractivity contribution is 0.0948. The summed E-state index contributed by atoms with van der Waals surface area (Å²) in [6, 6.07) is 15.7. The van der Waals surface area contributed by atoms with Gasteiger partial charge in [0.25, 0.3) is 5.91 Å². The summed E-state index contributed by atoms with van der Waals surface area (Å²) in [6.07, 6.45) is 3.83. The van der Waals surface area contributed by atoms with Crippen LogP contribution in [0.2, 0.25) is 0 Å². The van der Waals surface area contributed by atoms with Gasteiger partial charge in [0.15, 0.2) is 10.9 Å². The third kappa shape index (κ3) is 6.29. The molecule has 0 aliphatic heterocycles. The van der Waals surface area contributed by atoms with Crippen molar-refractivity contribution >= 4 is 27.7 Å². The number of aryl methyl sites for hydroxylation is 1. The largest absolute Gasteiger partial charge is 0.350 e. The first-order chi connectivity index (χ1) is 16.8. The predicted molar refractivity (Wildman–Crippen MR) is 132 cm³/mol. The molecule has 0 radical (unpaired) electrons. The number of benzene rings is 2. The van der Waals surface area contributed by atoms with Crippen molar-refractivity contribution in [3.05, 3.63) is 89.5 Å². The number of primary sulfonamides is 1. The summed E-state index contributed by atoms with van der Waals surface area (Å²) in [4.78, 5) is 21.5. The second-order valence-corrected chi connectivity index (χ2v) is 10.2. The maximum absolute atomic E-state index is 13.0. The van der Waals surface area contributed by atoms with E-state index in [1.165, 1.54) is 23.9 Å². The van der Waals surface area contributed by atoms with E-state index in [-0.39, 0.29) is 16.5 Å². The lowest BCUT2D eigenvalue weighted by Gasteiger charge is -2.09. The topological polar surface area (TPSA) is 146 Å². The second kappa shape index (κ2) is 10.8. The fourth-order valence-electron chi connectivity index (χ4n) is 3.24. The number of carbonyl (C=O) groups excluding carboxylic acids is 1. The molecule has 4 rings (SSSR count). The molecule has 2 aromatic carbocycles. The quantitative estimate of drug-likeness (QED) is 0.258. The Hall–Kier alpha value is -3.61. The zero-order valence-corrected chi connectivity index (χ0v) is 20.5. The van der Waals surface area contributed by atoms with Crippen molar-refractivity contribution in [1.29, 1.82) is 0 Å². The van der Waals surface area contributed by atoms with Gasteiger partial charge >= 0.3 is 0 Å². The first-order valence-electron chi connectivity index (χ1n) is 10.6. The predicted octanol–water partition coefficient (Wildman–Crippen LogP) is 2.28. The Balaban J connectivity index is 1.49. The van der Waals surface area contributed by atoms with Crippen LogP contribution in [0.25, 0.3) is 5.69 Å². The van der Waals surface area contributed by atoms with Gasteiger partial charge in [-0.3, -0.25) is 4.79 Å². The first kappa shape index (κ1) is 24.5. The highest BCUT2D eigenvalue weighted by molar-refractivity contribution is 7.98. The Morgan fingerprint density at radius 2 is 1.74 bits per heavy atom. The van der Waals surface area contributed by atoms with E-state index < -0.39 is 10.0 Å². The van der Waals surface area contributed by atoms with Gasteiger partial charge < -0.3 is 5.32 Å². The molecule has 35 heavy (non-hydrogen) atoms. The number of carbonyl (C=O) groups is 1. The number of thioether (sulfide) groups is 1. The number of nitrogens with one attached hydrogen (secondary N) is 1. The van der Waals surface area contributed by atoms with E-state index >= 15 is 0 Å². The lowest BCUT2D eigenvalue weighted by atomic mass is 10.1. The van der Waals surface area contributed by atoms with Gasteiger partial charge in [0, 0.05) is 24.7 Å². The number of aromatic nitrogens is 5. The van der Waals surface area contributed by atoms with E-state index in [0.717, 1.165) is 16.8 Å². The van der Waals surface area contributed by atoms with Crippen molar-refractivity contribution in [3.63, 3.8) is 0 Å². The summed E-state index contributed by atoms with van der Waals surface area (Å²) in [5.41, 5.74) is 3.61. The van der Waals surface area contributed by atoms with Crippen LogP contribution >= 0.6 is 11.8 Å². The molecule has 1 amide bonds. The number of nitrogens with two attached hydrogens (primary N) is 1. The zero-order chi connectivity index (χ0) is 24.8. The Labute approximate surface area is 207 Å². The maximum Gasteiger partial charge on any atom is 0.273 e. The van der Waals surface area contributed by atoms with E-state index in [0.29, 0.717) is 29.6 Å². The number of nitrogens with zero attached hydrogens (tertiary/aromatic N) is 5. The summed E-state index contributed by atoms with van der Waals surface area (Å²) < 4.78 is 24.4. The fourth-order valence-corrected chi connectivity index (χ4v) is 4.55. The van der Waals surface area contributed by atoms with E-state index in [1.54, 1.807) is 35.3 Å². The third-order valence-corrected chi connectivity index (χ3v) is 6.90. The SMILES string of the molecule is Cc1ccc(-n2nnc(C(=O)NCCc3ccc(S(N)(=O)=O)cc3)c2CSc2ncccn2)cc1. The summed E-state index contributed by atoms with van der Waals surface area (Å²) in [5.74, 6) is 0.0388. The maximum atomic E-state index is 13.0. The first-order valence-corrected chi connectivity index (χ1v) is 13.2. The van der Waals surface area contributed by atoms with E-state index in [1.807, 2.05) is 31.2 Å². The van der Waals surface area contributed by atoms with Crippen LogP contribution in [-0.4, -0.2) is 45.8 Å². The Morgan fingerprint density at radius 1 is 1.06 bits per heavy atom. The van der Waals surface area contributed by atoms with Gasteiger partial charge in [0.05, 0.1) is 16.3 Å². The number of amides is 1. The van der Waals surface area contributed by atoms with Crippen molar-refractivity contribution in [2.45, 2.75) is 29.1 Å². The molecule has 4 aromatic rings. The monoisotopic (exact) mass is 509 g/mol. The fraction of sp³-hybridized carbons (Fsp3) is 0.174. The van der Waals surface area contributed by atoms with Crippen LogP contribution in [0.15, 0.2) is 77.0 Å². The molecule has 0 unspecified atom stereocenters. The van der Waals surface area contributed by atoms with Gasteiger partial charge in [-0.25, -0.2) is 28.2 Å². The number of rotatable bonds is 9. The van der Waals surface area contributed by atoms with Crippen LogP contribution in [0, 0.1) is 6.92 Å². The van der Waals surface area contributed by atoms with Crippen LogP contribution in [0.1, 0.15) is 27.3 Å². The highest BCUT2D eigenvalue weighted by Crippen LogP contribution is 2.23. The van der Waals surface area contributed by atoms with Gasteiger partial charge in [0.1, 0.15) is 0 Å². The molecule has 0 aliphatic carbocycles. The molecule has 0 atom stereocenters. The molecule has 12 heteroatoms. The van der Waals surface area contributed by atoms with Crippen LogP contribution in [0.5, 0.6) is 0 Å². The second-order valence-electron chi connectivity index (χ2n) is 7.65. The minimum Gasteiger partial charge on any atom is -0.350 e. The third-order valence-electron chi connectivity index (χ3n) is 5.09. The van der Waals surface area contributed by atoms with Gasteiger partial charge in [-0.1, -0.05) is 46.8 Å². The molecule has 0 fully saturated rings. The van der Waals surface area contributed by atoms with Crippen LogP contribution in [-0.2, 0) is 22.2 Å². The molecule has 3 N–H and O–H groups in total. The smallest absolute Gasteiger partial charge is 0.273 e. The molecule has 2 aromatic heterocycles. The molecule has 2 heterocycles. The van der Waals surface area contributed by atoms with Crippen LogP contribution < -0.4 is 10.5 Å². The van der Waals surface area contributed by atoms with Crippen molar-refractivity contribution < 1.29 is 13.2 Å². The van der Waals surface area contributed by atoms with Gasteiger partial charge in [-0.2, -0.15) is 0 Å². The summed E-state index contributed by atoms with van der Waals surface area (Å²) >= 11 is 1.38. The van der Waals surface area contributed by atoms with Crippen LogP contribution in [0.4, 0.5) is 0 Å². The van der Waals surface area contributed by atoms with E-state index in [4.69, 9.17) is 5.14 Å². The van der Waals surface area contributed by atoms with Crippen molar-refractivity contribution in [2.24, 2.45) is 5.14 Å². The molecule has 0 spiro atoms. The average Bonchev–Trinajstić information content (AvgIpc) is 3.27. The standard InChI is InChI=1S/C23H23N7O3S2/c1-16-3-7-18(8-4-16)30-20(15-34-23-26-12-2-13-27-23)21(28-29-30)22(31)25-14-11-17-5-9-19(10-6-17)35(24,32)33/h2-10,12-13H,11,14-15H2,1H3,(H,25,31)(H2,24,32,33). The Morgan fingerprint density at radius 3 is 2.40 bits per heavy atom. The highest BCUT2D eigenvalue weighted by Gasteiger charge is 2.21. The summed E-state index contributed by atoms with van der Waals surface area (Å²) in [6.45, 7) is 2.33. The zero-order valence-electron chi connectivity index (χ0n) is 18.8. The van der Waals surface area contributed by atoms with Gasteiger partial charge in [-0.15, -0.1) is 5.10 Å². The minimum absolute atomic E-state index is 0.0440. The summed E-state index contributed by atoms with van der Waals surface area (Å²) in [5, 5.41) is 17.0. The number of hydrogen-bond donors (Lipinski definition) is 2. The lowest BCUT2D eigenvalue weighted by Crippen LogP contribution is -2.27. The molecule has 0 bridgehead atoms.